The van der Waals surface area contributed by atoms with Crippen LogP contribution in [0.2, 0.25) is 0 Å². The summed E-state index contributed by atoms with van der Waals surface area (Å²) in [5.74, 6) is -1.39. The molecule has 1 N–H and O–H groups in total. The van der Waals surface area contributed by atoms with Gasteiger partial charge in [0.2, 0.25) is 11.4 Å². The van der Waals surface area contributed by atoms with Crippen LogP contribution in [0.3, 0.4) is 0 Å². The topological polar surface area (TPSA) is 63.6 Å². The smallest absolute Gasteiger partial charge is 0.346 e. The monoisotopic (exact) mass is 248 g/mol. The van der Waals surface area contributed by atoms with Crippen molar-refractivity contribution in [2.24, 2.45) is 0 Å². The molecule has 0 bridgehead atoms. The Labute approximate surface area is 106 Å². The van der Waals surface area contributed by atoms with Gasteiger partial charge in [-0.2, -0.15) is 0 Å². The van der Waals surface area contributed by atoms with Gasteiger partial charge in [-0.3, -0.25) is 4.79 Å². The van der Waals surface area contributed by atoms with E-state index < -0.39 is 17.4 Å². The summed E-state index contributed by atoms with van der Waals surface area (Å²) in [6, 6.07) is 7.08. The Bertz CT molecular complexity index is 480. The summed E-state index contributed by atoms with van der Waals surface area (Å²) in [6.45, 7) is 1.80. The average molecular weight is 248 g/mol. The van der Waals surface area contributed by atoms with Crippen molar-refractivity contribution in [3.63, 3.8) is 0 Å². The van der Waals surface area contributed by atoms with E-state index in [2.05, 4.69) is 0 Å². The molecule has 1 aliphatic carbocycles. The quantitative estimate of drug-likeness (QED) is 0.489. The maximum atomic E-state index is 12.3. The zero-order valence-electron chi connectivity index (χ0n) is 10.3. The fraction of sp³-hybridized carbons (Fsp3) is 0.429. The van der Waals surface area contributed by atoms with Crippen molar-refractivity contribution in [2.75, 3.05) is 6.61 Å². The number of Topliss-reactive ketones (excluding diaryl/α,β-unsaturated/α-hetero) is 1. The van der Waals surface area contributed by atoms with Crippen LogP contribution >= 0.6 is 0 Å². The lowest BCUT2D eigenvalue weighted by atomic mass is 9.90. The van der Waals surface area contributed by atoms with Crippen LogP contribution in [0.4, 0.5) is 0 Å². The van der Waals surface area contributed by atoms with Crippen molar-refractivity contribution in [1.29, 1.82) is 0 Å². The number of rotatable bonds is 2. The number of hydrogen-bond acceptors (Lipinski definition) is 4. The lowest BCUT2D eigenvalue weighted by molar-refractivity contribution is -0.160. The highest BCUT2D eigenvalue weighted by Gasteiger charge is 2.47. The molecule has 0 radical (unpaired) electrons. The maximum absolute atomic E-state index is 12.3. The Morgan fingerprint density at radius 2 is 2.17 bits per heavy atom. The van der Waals surface area contributed by atoms with Gasteiger partial charge in [0.05, 0.1) is 6.61 Å². The van der Waals surface area contributed by atoms with Crippen LogP contribution in [0, 0.1) is 0 Å². The third-order valence-corrected chi connectivity index (χ3v) is 3.24. The van der Waals surface area contributed by atoms with Crippen molar-refractivity contribution in [1.82, 2.24) is 0 Å². The molecule has 1 aliphatic rings. The molecule has 96 valence electrons. The second kappa shape index (κ2) is 4.90. The molecule has 0 amide bonds. The van der Waals surface area contributed by atoms with Crippen LogP contribution in [-0.4, -0.2) is 29.1 Å². The summed E-state index contributed by atoms with van der Waals surface area (Å²) < 4.78 is 4.82. The van der Waals surface area contributed by atoms with Crippen molar-refractivity contribution < 1.29 is 19.4 Å². The Morgan fingerprint density at radius 3 is 2.89 bits per heavy atom. The number of carbonyl (C=O) groups is 2. The fourth-order valence-electron chi connectivity index (χ4n) is 2.28. The number of aryl methyl sites for hydroxylation is 1. The van der Waals surface area contributed by atoms with Gasteiger partial charge in [0.15, 0.2) is 0 Å². The number of esters is 1. The standard InChI is InChI=1S/C14H16O4/c1-2-18-13(16)14(17)9-5-7-10-6-3-4-8-11(10)12(14)15/h3-4,6,8,17H,2,5,7,9H2,1H3. The van der Waals surface area contributed by atoms with E-state index in [0.717, 1.165) is 5.56 Å². The van der Waals surface area contributed by atoms with Gasteiger partial charge < -0.3 is 9.84 Å². The van der Waals surface area contributed by atoms with Gasteiger partial charge >= 0.3 is 5.97 Å². The number of ketones is 1. The minimum Gasteiger partial charge on any atom is -0.464 e. The molecule has 0 aliphatic heterocycles. The molecular formula is C14H16O4. The Morgan fingerprint density at radius 1 is 1.44 bits per heavy atom. The first-order valence-electron chi connectivity index (χ1n) is 6.12. The van der Waals surface area contributed by atoms with E-state index in [1.165, 1.54) is 0 Å². The Kier molecular flexibility index (Phi) is 3.48. The first kappa shape index (κ1) is 12.8. The number of aliphatic hydroxyl groups is 1. The zero-order chi connectivity index (χ0) is 13.2. The van der Waals surface area contributed by atoms with Crippen molar-refractivity contribution in [3.05, 3.63) is 35.4 Å². The first-order valence-corrected chi connectivity index (χ1v) is 6.12. The van der Waals surface area contributed by atoms with Crippen LogP contribution in [0.25, 0.3) is 0 Å². The molecular weight excluding hydrogens is 232 g/mol. The largest absolute Gasteiger partial charge is 0.464 e. The molecule has 1 aromatic rings. The summed E-state index contributed by atoms with van der Waals surface area (Å²) in [5.41, 5.74) is -0.726. The van der Waals surface area contributed by atoms with E-state index in [1.807, 2.05) is 12.1 Å². The average Bonchev–Trinajstić information content (AvgIpc) is 2.50. The van der Waals surface area contributed by atoms with E-state index in [4.69, 9.17) is 4.74 Å². The van der Waals surface area contributed by atoms with Crippen LogP contribution in [0.1, 0.15) is 35.7 Å². The second-order valence-corrected chi connectivity index (χ2v) is 4.42. The van der Waals surface area contributed by atoms with Gasteiger partial charge in [-0.15, -0.1) is 0 Å². The fourth-order valence-corrected chi connectivity index (χ4v) is 2.28. The molecule has 1 atom stereocenters. The van der Waals surface area contributed by atoms with E-state index in [9.17, 15) is 14.7 Å². The summed E-state index contributed by atoms with van der Waals surface area (Å²) in [5, 5.41) is 10.3. The van der Waals surface area contributed by atoms with Crippen LogP contribution < -0.4 is 0 Å². The van der Waals surface area contributed by atoms with Crippen molar-refractivity contribution in [2.45, 2.75) is 31.8 Å². The molecule has 0 aromatic heterocycles. The third kappa shape index (κ3) is 2.04. The predicted molar refractivity (Wildman–Crippen MR) is 65.3 cm³/mol. The highest BCUT2D eigenvalue weighted by molar-refractivity contribution is 6.16. The lowest BCUT2D eigenvalue weighted by Gasteiger charge is -2.22. The normalized spacial score (nSPS) is 23.1. The van der Waals surface area contributed by atoms with Gasteiger partial charge in [0, 0.05) is 5.56 Å². The summed E-state index contributed by atoms with van der Waals surface area (Å²) in [6.07, 6.45) is 1.38. The molecule has 0 heterocycles. The van der Waals surface area contributed by atoms with Crippen LogP contribution in [0.5, 0.6) is 0 Å². The number of ether oxygens (including phenoxy) is 1. The van der Waals surface area contributed by atoms with E-state index >= 15 is 0 Å². The third-order valence-electron chi connectivity index (χ3n) is 3.24. The van der Waals surface area contributed by atoms with Crippen molar-refractivity contribution in [3.8, 4) is 0 Å². The van der Waals surface area contributed by atoms with Gasteiger partial charge in [-0.05, 0) is 31.7 Å². The lowest BCUT2D eigenvalue weighted by Crippen LogP contribution is -2.47. The predicted octanol–water partition coefficient (Wildman–Crippen LogP) is 1.50. The molecule has 4 nitrogen and oxygen atoms in total. The second-order valence-electron chi connectivity index (χ2n) is 4.42. The minimum absolute atomic E-state index is 0.110. The first-order chi connectivity index (χ1) is 8.59. The number of hydrogen-bond donors (Lipinski definition) is 1. The molecule has 18 heavy (non-hydrogen) atoms. The van der Waals surface area contributed by atoms with Gasteiger partial charge in [0.25, 0.3) is 0 Å². The molecule has 0 spiro atoms. The summed E-state index contributed by atoms with van der Waals surface area (Å²) in [4.78, 5) is 24.1. The van der Waals surface area contributed by atoms with Gasteiger partial charge in [-0.1, -0.05) is 24.3 Å². The van der Waals surface area contributed by atoms with E-state index in [0.29, 0.717) is 18.4 Å². The summed E-state index contributed by atoms with van der Waals surface area (Å²) >= 11 is 0. The number of benzene rings is 1. The Hall–Kier alpha value is -1.68. The zero-order valence-corrected chi connectivity index (χ0v) is 10.3. The number of fused-ring (bicyclic) bond motifs is 1. The highest BCUT2D eigenvalue weighted by atomic mass is 16.5. The van der Waals surface area contributed by atoms with Crippen LogP contribution in [-0.2, 0) is 16.0 Å². The molecule has 1 unspecified atom stereocenters. The van der Waals surface area contributed by atoms with Gasteiger partial charge in [0.1, 0.15) is 0 Å². The molecule has 0 fully saturated rings. The van der Waals surface area contributed by atoms with Gasteiger partial charge in [-0.25, -0.2) is 4.79 Å². The molecule has 0 saturated heterocycles. The minimum atomic E-state index is -2.03. The van der Waals surface area contributed by atoms with E-state index in [-0.39, 0.29) is 13.0 Å². The SMILES string of the molecule is CCOC(=O)C1(O)CCCc2ccccc2C1=O. The molecule has 2 rings (SSSR count). The van der Waals surface area contributed by atoms with E-state index in [1.54, 1.807) is 19.1 Å². The van der Waals surface area contributed by atoms with Crippen molar-refractivity contribution >= 4 is 11.8 Å². The molecule has 0 saturated carbocycles. The Balaban J connectivity index is 2.41. The summed E-state index contributed by atoms with van der Waals surface area (Å²) in [7, 11) is 0. The highest BCUT2D eigenvalue weighted by Crippen LogP contribution is 2.28. The maximum Gasteiger partial charge on any atom is 0.346 e. The van der Waals surface area contributed by atoms with Crippen LogP contribution in [0.15, 0.2) is 24.3 Å². The molecule has 1 aromatic carbocycles. The molecule has 4 heteroatoms. The number of carbonyl (C=O) groups excluding carboxylic acids is 2.